The van der Waals surface area contributed by atoms with E-state index in [0.29, 0.717) is 0 Å². The van der Waals surface area contributed by atoms with E-state index < -0.39 is 0 Å². The molecule has 4 N–H and O–H groups in total. The summed E-state index contributed by atoms with van der Waals surface area (Å²) < 4.78 is 0. The summed E-state index contributed by atoms with van der Waals surface area (Å²) in [5.74, 6) is 0. The standard InChI is InChI=1S/ClH.Fe.H3N.Zn/h1H;;1H3;. The van der Waals surface area contributed by atoms with E-state index >= 15 is 0 Å². The Bertz CT molecular complexity index is 8.00. The molecule has 0 fully saturated rings. The Morgan fingerprint density at radius 1 is 1.00 bits per heavy atom. The molecule has 0 rings (SSSR count). The number of rotatable bonds is 0. The first kappa shape index (κ1) is 53.6. The summed E-state index contributed by atoms with van der Waals surface area (Å²) in [6, 6.07) is 0. The molecule has 0 atom stereocenters. The van der Waals surface area contributed by atoms with Crippen molar-refractivity contribution in [3.8, 4) is 0 Å². The zero-order valence-corrected chi connectivity index (χ0v) is 7.27. The van der Waals surface area contributed by atoms with E-state index in [1.165, 1.54) is 0 Å². The van der Waals surface area contributed by atoms with Crippen LogP contribution in [0.1, 0.15) is 0 Å². The third-order valence-corrected chi connectivity index (χ3v) is 0. The molecule has 0 aromatic rings. The van der Waals surface area contributed by atoms with Gasteiger partial charge in [0.05, 0.1) is 0 Å². The molecule has 4 heteroatoms. The van der Waals surface area contributed by atoms with Crippen LogP contribution in [0.3, 0.4) is 0 Å². The Morgan fingerprint density at radius 2 is 1.00 bits per heavy atom. The van der Waals surface area contributed by atoms with Gasteiger partial charge in [0.25, 0.3) is 0 Å². The van der Waals surface area contributed by atoms with Gasteiger partial charge in [-0.2, -0.15) is 0 Å². The number of hydrogen-bond acceptors (Lipinski definition) is 0. The largest absolute Gasteiger partial charge is 1.00 e. The normalized spacial score (nSPS) is 0. The molecule has 26 valence electrons. The van der Waals surface area contributed by atoms with Crippen LogP contribution in [0.2, 0.25) is 0 Å². The first-order chi connectivity index (χ1) is 0. The average Bonchev–Trinajstić information content (AvgIpc) is 0. The first-order valence-electron chi connectivity index (χ1n) is 0. The predicted molar refractivity (Wildman–Crippen MR) is 5.98 cm³/mol. The van der Waals surface area contributed by atoms with Gasteiger partial charge in [0, 0.05) is 36.5 Å². The fraction of sp³-hybridized carbons (Fsp3) is 0. The van der Waals surface area contributed by atoms with Gasteiger partial charge < -0.3 is 18.6 Å². The summed E-state index contributed by atoms with van der Waals surface area (Å²) in [5, 5.41) is 0. The minimum Gasteiger partial charge on any atom is -1.00 e. The number of halogens is 1. The van der Waals surface area contributed by atoms with Crippen molar-refractivity contribution >= 4 is 0 Å². The fourth-order valence-electron chi connectivity index (χ4n) is 0. The summed E-state index contributed by atoms with van der Waals surface area (Å²) in [7, 11) is 0. The third kappa shape index (κ3) is 10.0. The Labute approximate surface area is 55.1 Å². The van der Waals surface area contributed by atoms with Gasteiger partial charge in [-0.05, 0) is 0 Å². The smallest absolute Gasteiger partial charge is 0 e. The van der Waals surface area contributed by atoms with E-state index in [4.69, 9.17) is 0 Å². The fourth-order valence-corrected chi connectivity index (χ4v) is 0. The van der Waals surface area contributed by atoms with Gasteiger partial charge in [-0.1, -0.05) is 0 Å². The molecule has 0 aliphatic rings. The van der Waals surface area contributed by atoms with Crippen molar-refractivity contribution in [1.29, 1.82) is 0 Å². The second-order valence-electron chi connectivity index (χ2n) is 0. The van der Waals surface area contributed by atoms with Crippen molar-refractivity contribution in [2.24, 2.45) is 0 Å². The number of hydrogen-bond donors (Lipinski definition) is 1. The Morgan fingerprint density at radius 3 is 1.00 bits per heavy atom. The van der Waals surface area contributed by atoms with Gasteiger partial charge in [-0.3, -0.25) is 0 Å². The molecule has 0 aromatic heterocycles. The van der Waals surface area contributed by atoms with Gasteiger partial charge in [0.1, 0.15) is 0 Å². The van der Waals surface area contributed by atoms with Crippen LogP contribution in [0.15, 0.2) is 0 Å². The van der Waals surface area contributed by atoms with Crippen molar-refractivity contribution in [2.75, 3.05) is 0 Å². The van der Waals surface area contributed by atoms with Crippen LogP contribution in [0.5, 0.6) is 0 Å². The van der Waals surface area contributed by atoms with Crippen LogP contribution in [0.25, 0.3) is 0 Å². The van der Waals surface area contributed by atoms with Crippen molar-refractivity contribution in [3.63, 3.8) is 0 Å². The van der Waals surface area contributed by atoms with Gasteiger partial charge >= 0.3 is 0 Å². The molecule has 0 aliphatic carbocycles. The molecular weight excluding hydrogens is 171 g/mol. The Hall–Kier alpha value is 1.39. The predicted octanol–water partition coefficient (Wildman–Crippen LogP) is -2.62. The summed E-state index contributed by atoms with van der Waals surface area (Å²) in [6.07, 6.45) is 0. The summed E-state index contributed by atoms with van der Waals surface area (Å²) >= 11 is 0. The maximum Gasteiger partial charge on any atom is 0 e. The van der Waals surface area contributed by atoms with Gasteiger partial charge in [0.2, 0.25) is 0 Å². The van der Waals surface area contributed by atoms with Crippen molar-refractivity contribution in [1.82, 2.24) is 6.15 Å². The molecule has 1 nitrogen and oxygen atoms in total. The third-order valence-electron chi connectivity index (χ3n) is 0. The molecule has 0 aliphatic heterocycles. The van der Waals surface area contributed by atoms with Gasteiger partial charge in [-0.25, -0.2) is 0 Å². The SMILES string of the molecule is [Cl-].[Fe].[NH4+].[Zn]. The van der Waals surface area contributed by atoms with E-state index in [-0.39, 0.29) is 55.1 Å². The second kappa shape index (κ2) is 26.1. The monoisotopic (exact) mass is 173 g/mol. The van der Waals surface area contributed by atoms with Crippen LogP contribution in [-0.4, -0.2) is 0 Å². The van der Waals surface area contributed by atoms with Crippen LogP contribution in [-0.2, 0) is 36.5 Å². The van der Waals surface area contributed by atoms with E-state index in [2.05, 4.69) is 0 Å². The van der Waals surface area contributed by atoms with E-state index in [1.807, 2.05) is 0 Å². The first-order valence-corrected chi connectivity index (χ1v) is 0. The molecule has 0 bridgehead atoms. The molecule has 0 saturated carbocycles. The average molecular weight is 175 g/mol. The maximum atomic E-state index is 0. The zero-order chi connectivity index (χ0) is 0. The van der Waals surface area contributed by atoms with Crippen molar-refractivity contribution in [3.05, 3.63) is 0 Å². The molecule has 0 unspecified atom stereocenters. The minimum absolute atomic E-state index is 0. The van der Waals surface area contributed by atoms with Crippen LogP contribution in [0, 0.1) is 0 Å². The number of quaternary nitrogens is 1. The topological polar surface area (TPSA) is 36.5 Å². The van der Waals surface area contributed by atoms with E-state index in [1.54, 1.807) is 0 Å². The molecule has 0 radical (unpaired) electrons. The Balaban J connectivity index is 0. The van der Waals surface area contributed by atoms with E-state index in [0.717, 1.165) is 0 Å². The Kier molecular flexibility index (Phi) is 350. The molecule has 0 saturated heterocycles. The molecule has 0 aromatic carbocycles. The van der Waals surface area contributed by atoms with Crippen molar-refractivity contribution in [2.45, 2.75) is 0 Å². The van der Waals surface area contributed by atoms with E-state index in [9.17, 15) is 0 Å². The summed E-state index contributed by atoms with van der Waals surface area (Å²) in [5.41, 5.74) is 0. The minimum atomic E-state index is 0. The maximum absolute atomic E-state index is 0. The molecule has 0 heterocycles. The van der Waals surface area contributed by atoms with Gasteiger partial charge in [-0.15, -0.1) is 0 Å². The van der Waals surface area contributed by atoms with Crippen molar-refractivity contribution < 1.29 is 49.0 Å². The quantitative estimate of drug-likeness (QED) is 0.391. The summed E-state index contributed by atoms with van der Waals surface area (Å²) in [6.45, 7) is 0. The van der Waals surface area contributed by atoms with Crippen LogP contribution < -0.4 is 18.6 Å². The van der Waals surface area contributed by atoms with Gasteiger partial charge in [0.15, 0.2) is 0 Å². The zero-order valence-electron chi connectivity index (χ0n) is 2.44. The summed E-state index contributed by atoms with van der Waals surface area (Å²) in [4.78, 5) is 0. The molecule has 0 spiro atoms. The van der Waals surface area contributed by atoms with Crippen LogP contribution in [0.4, 0.5) is 0 Å². The molecule has 4 heavy (non-hydrogen) atoms. The molecule has 0 amide bonds. The second-order valence-corrected chi connectivity index (χ2v) is 0. The van der Waals surface area contributed by atoms with Crippen LogP contribution >= 0.6 is 0 Å². The molecular formula is H4ClFeNZn.